The Hall–Kier alpha value is -1.52. The third-order valence-corrected chi connectivity index (χ3v) is 4.74. The van der Waals surface area contributed by atoms with Crippen LogP contribution in [0.5, 0.6) is 0 Å². The second kappa shape index (κ2) is 6.08. The molecule has 6 nitrogen and oxygen atoms in total. The molecule has 3 aliphatic heterocycles. The SMILES string of the molecule is FC(F)(F)c1nnc2n1CCC(C1=C3C=NC=C[NH+]3C(Br)=N1)C2.[Cl-]. The van der Waals surface area contributed by atoms with Gasteiger partial charge in [-0.25, -0.2) is 4.90 Å². The summed E-state index contributed by atoms with van der Waals surface area (Å²) in [5.74, 6) is -0.565. The lowest BCUT2D eigenvalue weighted by atomic mass is 9.93. The van der Waals surface area contributed by atoms with Crippen LogP contribution in [0.25, 0.3) is 0 Å². The van der Waals surface area contributed by atoms with Gasteiger partial charge in [-0.1, -0.05) is 0 Å². The van der Waals surface area contributed by atoms with E-state index in [-0.39, 0.29) is 24.9 Å². The second-order valence-electron chi connectivity index (χ2n) is 5.49. The van der Waals surface area contributed by atoms with E-state index in [1.807, 2.05) is 6.20 Å². The lowest BCUT2D eigenvalue weighted by Crippen LogP contribution is -3.07. The number of fused-ring (bicyclic) bond motifs is 2. The van der Waals surface area contributed by atoms with Crippen LogP contribution in [0.3, 0.4) is 0 Å². The average Bonchev–Trinajstić information content (AvgIpc) is 3.08. The van der Waals surface area contributed by atoms with E-state index >= 15 is 0 Å². The van der Waals surface area contributed by atoms with Gasteiger partial charge in [-0.2, -0.15) is 18.2 Å². The van der Waals surface area contributed by atoms with Crippen molar-refractivity contribution in [3.63, 3.8) is 0 Å². The molecule has 0 spiro atoms. The average molecular weight is 424 g/mol. The summed E-state index contributed by atoms with van der Waals surface area (Å²) in [6, 6.07) is 0. The van der Waals surface area contributed by atoms with Gasteiger partial charge in [-0.3, -0.25) is 4.99 Å². The maximum absolute atomic E-state index is 12.9. The number of rotatable bonds is 1. The molecule has 0 bridgehead atoms. The molecule has 2 unspecified atom stereocenters. The molecule has 128 valence electrons. The molecule has 0 radical (unpaired) electrons. The molecule has 1 aromatic heterocycles. The Morgan fingerprint density at radius 1 is 1.29 bits per heavy atom. The monoisotopic (exact) mass is 422 g/mol. The minimum atomic E-state index is -4.48. The van der Waals surface area contributed by atoms with Crippen molar-refractivity contribution < 1.29 is 30.5 Å². The molecule has 4 heterocycles. The van der Waals surface area contributed by atoms with Crippen molar-refractivity contribution in [2.45, 2.75) is 25.6 Å². The molecule has 0 saturated heterocycles. The Labute approximate surface area is 149 Å². The first kappa shape index (κ1) is 17.3. The molecule has 3 aliphatic rings. The predicted molar refractivity (Wildman–Crippen MR) is 78.8 cm³/mol. The van der Waals surface area contributed by atoms with Crippen LogP contribution in [-0.2, 0) is 19.1 Å². The zero-order valence-electron chi connectivity index (χ0n) is 12.1. The zero-order valence-corrected chi connectivity index (χ0v) is 14.4. The quantitative estimate of drug-likeness (QED) is 0.547. The van der Waals surface area contributed by atoms with E-state index in [2.05, 4.69) is 36.1 Å². The van der Waals surface area contributed by atoms with Crippen molar-refractivity contribution in [2.75, 3.05) is 0 Å². The number of nitrogens with zero attached hydrogens (tertiary/aromatic N) is 5. The van der Waals surface area contributed by atoms with E-state index in [9.17, 15) is 13.2 Å². The van der Waals surface area contributed by atoms with E-state index in [0.717, 1.165) is 25.6 Å². The summed E-state index contributed by atoms with van der Waals surface area (Å²) in [6.07, 6.45) is 1.76. The molecule has 0 fully saturated rings. The fourth-order valence-corrected chi connectivity index (χ4v) is 3.62. The van der Waals surface area contributed by atoms with Gasteiger partial charge in [-0.05, 0) is 6.42 Å². The van der Waals surface area contributed by atoms with E-state index < -0.39 is 12.0 Å². The number of aliphatic imine (C=N–C) groups is 2. The maximum atomic E-state index is 12.9. The molecule has 4 rings (SSSR count). The molecule has 0 aromatic carbocycles. The van der Waals surface area contributed by atoms with Crippen molar-refractivity contribution >= 4 is 26.9 Å². The highest BCUT2D eigenvalue weighted by Crippen LogP contribution is 2.34. The van der Waals surface area contributed by atoms with Crippen LogP contribution >= 0.6 is 15.9 Å². The Balaban J connectivity index is 0.00000169. The highest BCUT2D eigenvalue weighted by Gasteiger charge is 2.41. The van der Waals surface area contributed by atoms with E-state index in [4.69, 9.17) is 0 Å². The van der Waals surface area contributed by atoms with Gasteiger partial charge in [0.2, 0.25) is 5.82 Å². The van der Waals surface area contributed by atoms with Gasteiger partial charge in [0.25, 0.3) is 4.74 Å². The number of quaternary nitrogens is 1. The highest BCUT2D eigenvalue weighted by molar-refractivity contribution is 9.18. The molecular formula is C13H11BrClF3N6. The molecule has 11 heteroatoms. The largest absolute Gasteiger partial charge is 1.00 e. The minimum absolute atomic E-state index is 0. The standard InChI is InChI=1S/C13H10BrF3N6.ClH/c14-12-19-10(8-6-18-2-4-22(8)12)7-1-3-23-9(5-7)20-21-11(23)13(15,16)17;/h2,4,6-7H,1,3,5H2;1H. The van der Waals surface area contributed by atoms with Crippen LogP contribution in [0.2, 0.25) is 0 Å². The van der Waals surface area contributed by atoms with Gasteiger partial charge in [-0.15, -0.1) is 10.2 Å². The van der Waals surface area contributed by atoms with Crippen molar-refractivity contribution in [1.29, 1.82) is 0 Å². The topological polar surface area (TPSA) is 59.9 Å². The van der Waals surface area contributed by atoms with Crippen LogP contribution < -0.4 is 17.3 Å². The molecule has 2 atom stereocenters. The van der Waals surface area contributed by atoms with Crippen molar-refractivity contribution in [1.82, 2.24) is 14.8 Å². The van der Waals surface area contributed by atoms with Crippen LogP contribution in [-0.4, -0.2) is 25.7 Å². The number of nitrogens with one attached hydrogen (secondary N) is 1. The molecule has 0 saturated carbocycles. The van der Waals surface area contributed by atoms with Crippen molar-refractivity contribution in [3.05, 3.63) is 35.4 Å². The van der Waals surface area contributed by atoms with Gasteiger partial charge in [0.15, 0.2) is 5.70 Å². The number of hydrogen-bond acceptors (Lipinski definition) is 4. The molecule has 1 aromatic rings. The Kier molecular flexibility index (Phi) is 4.39. The summed E-state index contributed by atoms with van der Waals surface area (Å²) >= 11 is 3.43. The smallest absolute Gasteiger partial charge is 0.451 e. The lowest BCUT2D eigenvalue weighted by molar-refractivity contribution is -0.685. The third-order valence-electron chi connectivity index (χ3n) is 4.14. The van der Waals surface area contributed by atoms with Gasteiger partial charge in [0, 0.05) is 34.8 Å². The number of alkyl halides is 3. The summed E-state index contributed by atoms with van der Waals surface area (Å²) < 4.78 is 40.6. The van der Waals surface area contributed by atoms with Crippen LogP contribution in [0.1, 0.15) is 18.1 Å². The number of halogens is 5. The van der Waals surface area contributed by atoms with Gasteiger partial charge < -0.3 is 17.0 Å². The van der Waals surface area contributed by atoms with Crippen LogP contribution in [0, 0.1) is 5.92 Å². The lowest BCUT2D eigenvalue weighted by Gasteiger charge is -2.23. The number of allylic oxidation sites excluding steroid dienone is 2. The maximum Gasteiger partial charge on any atom is 0.451 e. The molecule has 1 N–H and O–H groups in total. The van der Waals surface area contributed by atoms with Gasteiger partial charge in [0.05, 0.1) is 12.4 Å². The first-order chi connectivity index (χ1) is 10.9. The first-order valence-electron chi connectivity index (χ1n) is 7.00. The predicted octanol–water partition coefficient (Wildman–Crippen LogP) is -1.72. The normalized spacial score (nSPS) is 25.2. The van der Waals surface area contributed by atoms with E-state index in [1.54, 1.807) is 12.4 Å². The van der Waals surface area contributed by atoms with Gasteiger partial charge in [0.1, 0.15) is 17.7 Å². The Morgan fingerprint density at radius 2 is 2.08 bits per heavy atom. The summed E-state index contributed by atoms with van der Waals surface area (Å²) in [5, 5.41) is 7.03. The Morgan fingerprint density at radius 3 is 2.83 bits per heavy atom. The number of aromatic nitrogens is 3. The first-order valence-corrected chi connectivity index (χ1v) is 7.79. The summed E-state index contributed by atoms with van der Waals surface area (Å²) in [7, 11) is 0. The fraction of sp³-hybridized carbons (Fsp3) is 0.385. The summed E-state index contributed by atoms with van der Waals surface area (Å²) in [5.41, 5.74) is 1.77. The van der Waals surface area contributed by atoms with Crippen molar-refractivity contribution in [2.24, 2.45) is 15.9 Å². The van der Waals surface area contributed by atoms with E-state index in [0.29, 0.717) is 18.7 Å². The van der Waals surface area contributed by atoms with Crippen LogP contribution in [0.15, 0.2) is 33.8 Å². The zero-order chi connectivity index (χ0) is 16.2. The Bertz CT molecular complexity index is 794. The minimum Gasteiger partial charge on any atom is -1.00 e. The fourth-order valence-electron chi connectivity index (χ4n) is 3.09. The molecule has 0 aliphatic carbocycles. The van der Waals surface area contributed by atoms with Crippen molar-refractivity contribution in [3.8, 4) is 0 Å². The number of amidine groups is 1. The van der Waals surface area contributed by atoms with Gasteiger partial charge >= 0.3 is 6.18 Å². The molecule has 0 amide bonds. The third kappa shape index (κ3) is 2.72. The number of hydrogen-bond donors (Lipinski definition) is 1. The molecular weight excluding hydrogens is 413 g/mol. The molecule has 24 heavy (non-hydrogen) atoms. The van der Waals surface area contributed by atoms with E-state index in [1.165, 1.54) is 0 Å². The summed E-state index contributed by atoms with van der Waals surface area (Å²) in [6.45, 7) is 0.230. The van der Waals surface area contributed by atoms with Crippen LogP contribution in [0.4, 0.5) is 13.2 Å². The second-order valence-corrected chi connectivity index (χ2v) is 6.24. The summed E-state index contributed by atoms with van der Waals surface area (Å²) in [4.78, 5) is 9.62. The highest BCUT2D eigenvalue weighted by atomic mass is 79.9.